The van der Waals surface area contributed by atoms with Gasteiger partial charge in [-0.1, -0.05) is 0 Å². The van der Waals surface area contributed by atoms with Crippen molar-refractivity contribution in [2.75, 3.05) is 0 Å². The van der Waals surface area contributed by atoms with Gasteiger partial charge in [-0.15, -0.1) is 0 Å². The minimum Gasteiger partial charge on any atom is -0.489 e. The van der Waals surface area contributed by atoms with Gasteiger partial charge in [0.15, 0.2) is 12.1 Å². The number of halogens is 1. The number of rotatable bonds is 3. The fourth-order valence-corrected chi connectivity index (χ4v) is 0.854. The lowest BCUT2D eigenvalue weighted by molar-refractivity contribution is 0.111. The molecule has 4 heteroatoms. The Labute approximate surface area is 75.6 Å². The molecule has 0 aliphatic rings. The number of aldehydes is 1. The summed E-state index contributed by atoms with van der Waals surface area (Å²) >= 11 is 0. The molecular weight excluding hydrogens is 173 g/mol. The van der Waals surface area contributed by atoms with Crippen molar-refractivity contribution in [1.82, 2.24) is 4.98 Å². The lowest BCUT2D eigenvalue weighted by atomic mass is 10.3. The molecule has 1 aromatic rings. The molecule has 13 heavy (non-hydrogen) atoms. The number of pyridine rings is 1. The maximum absolute atomic E-state index is 12.9. The predicted octanol–water partition coefficient (Wildman–Crippen LogP) is 1.82. The van der Waals surface area contributed by atoms with E-state index in [1.807, 2.05) is 13.8 Å². The third-order valence-electron chi connectivity index (χ3n) is 1.33. The van der Waals surface area contributed by atoms with Crippen molar-refractivity contribution in [3.05, 3.63) is 23.8 Å². The Balaban J connectivity index is 2.89. The Morgan fingerprint density at radius 3 is 2.77 bits per heavy atom. The summed E-state index contributed by atoms with van der Waals surface area (Å²) in [6, 6.07) is 1.15. The van der Waals surface area contributed by atoms with E-state index in [1.165, 1.54) is 6.20 Å². The lowest BCUT2D eigenvalue weighted by Crippen LogP contribution is -2.06. The quantitative estimate of drug-likeness (QED) is 0.671. The molecule has 0 N–H and O–H groups in total. The van der Waals surface area contributed by atoms with Crippen LogP contribution in [0.25, 0.3) is 0 Å². The lowest BCUT2D eigenvalue weighted by Gasteiger charge is -2.08. The zero-order valence-corrected chi connectivity index (χ0v) is 7.45. The first-order chi connectivity index (χ1) is 6.13. The first-order valence-electron chi connectivity index (χ1n) is 3.91. The van der Waals surface area contributed by atoms with Crippen LogP contribution in [0.15, 0.2) is 12.3 Å². The molecule has 0 bridgehead atoms. The van der Waals surface area contributed by atoms with Crippen molar-refractivity contribution < 1.29 is 13.9 Å². The van der Waals surface area contributed by atoms with E-state index in [0.29, 0.717) is 12.0 Å². The molecule has 70 valence electrons. The Hall–Kier alpha value is -1.45. The van der Waals surface area contributed by atoms with E-state index in [-0.39, 0.29) is 11.8 Å². The number of hydrogen-bond acceptors (Lipinski definition) is 3. The second-order valence-electron chi connectivity index (χ2n) is 2.82. The zero-order valence-electron chi connectivity index (χ0n) is 7.45. The summed E-state index contributed by atoms with van der Waals surface area (Å²) in [6.07, 6.45) is 1.66. The maximum Gasteiger partial charge on any atom is 0.171 e. The van der Waals surface area contributed by atoms with Gasteiger partial charge < -0.3 is 4.74 Å². The minimum absolute atomic E-state index is 0.0386. The van der Waals surface area contributed by atoms with E-state index in [0.717, 1.165) is 6.07 Å². The van der Waals surface area contributed by atoms with Crippen molar-refractivity contribution >= 4 is 6.29 Å². The minimum atomic E-state index is -0.659. The van der Waals surface area contributed by atoms with Gasteiger partial charge in [-0.25, -0.2) is 9.37 Å². The zero-order chi connectivity index (χ0) is 9.84. The average Bonchev–Trinajstić information content (AvgIpc) is 2.03. The Bertz CT molecular complexity index is 312. The molecule has 0 aromatic carbocycles. The highest BCUT2D eigenvalue weighted by molar-refractivity contribution is 5.72. The first kappa shape index (κ1) is 9.64. The van der Waals surface area contributed by atoms with Crippen LogP contribution in [0.2, 0.25) is 0 Å². The van der Waals surface area contributed by atoms with Gasteiger partial charge in [-0.3, -0.25) is 4.79 Å². The van der Waals surface area contributed by atoms with Crippen LogP contribution in [0, 0.1) is 5.82 Å². The van der Waals surface area contributed by atoms with E-state index in [1.54, 1.807) is 0 Å². The van der Waals surface area contributed by atoms with Gasteiger partial charge in [0, 0.05) is 6.07 Å². The smallest absolute Gasteiger partial charge is 0.171 e. The molecule has 0 aliphatic carbocycles. The number of carbonyl (C=O) groups excluding carboxylic acids is 1. The highest BCUT2D eigenvalue weighted by Crippen LogP contribution is 2.13. The highest BCUT2D eigenvalue weighted by Gasteiger charge is 2.05. The molecule has 0 fully saturated rings. The summed E-state index contributed by atoms with van der Waals surface area (Å²) in [7, 11) is 0. The van der Waals surface area contributed by atoms with Gasteiger partial charge >= 0.3 is 0 Å². The molecule has 0 amide bonds. The van der Waals surface area contributed by atoms with Crippen LogP contribution in [0.4, 0.5) is 4.39 Å². The number of ether oxygens (including phenoxy) is 1. The second kappa shape index (κ2) is 3.98. The number of nitrogens with zero attached hydrogens (tertiary/aromatic N) is 1. The highest BCUT2D eigenvalue weighted by atomic mass is 19.1. The van der Waals surface area contributed by atoms with Gasteiger partial charge in [-0.05, 0) is 13.8 Å². The Morgan fingerprint density at radius 2 is 2.31 bits per heavy atom. The largest absolute Gasteiger partial charge is 0.489 e. The van der Waals surface area contributed by atoms with Gasteiger partial charge in [-0.2, -0.15) is 0 Å². The predicted molar refractivity (Wildman–Crippen MR) is 45.3 cm³/mol. The molecule has 0 unspecified atom stereocenters. The van der Waals surface area contributed by atoms with Crippen LogP contribution in [-0.2, 0) is 0 Å². The normalized spacial score (nSPS) is 10.2. The Kier molecular flexibility index (Phi) is 2.95. The van der Waals surface area contributed by atoms with E-state index in [4.69, 9.17) is 4.74 Å². The van der Waals surface area contributed by atoms with Crippen LogP contribution in [0.5, 0.6) is 5.75 Å². The fourth-order valence-electron chi connectivity index (χ4n) is 0.854. The Morgan fingerprint density at radius 1 is 1.62 bits per heavy atom. The van der Waals surface area contributed by atoms with Crippen LogP contribution in [0.1, 0.15) is 24.3 Å². The van der Waals surface area contributed by atoms with E-state index in [2.05, 4.69) is 4.98 Å². The van der Waals surface area contributed by atoms with E-state index in [9.17, 15) is 9.18 Å². The number of hydrogen-bond donors (Lipinski definition) is 0. The number of carbonyl (C=O) groups is 1. The second-order valence-corrected chi connectivity index (χ2v) is 2.82. The van der Waals surface area contributed by atoms with Crippen LogP contribution in [0.3, 0.4) is 0 Å². The molecule has 0 saturated heterocycles. The average molecular weight is 183 g/mol. The van der Waals surface area contributed by atoms with Crippen LogP contribution >= 0.6 is 0 Å². The molecule has 0 atom stereocenters. The molecule has 0 spiro atoms. The monoisotopic (exact) mass is 183 g/mol. The molecule has 1 heterocycles. The van der Waals surface area contributed by atoms with Gasteiger partial charge in [0.1, 0.15) is 11.4 Å². The third kappa shape index (κ3) is 2.50. The summed E-state index contributed by atoms with van der Waals surface area (Å²) in [5.41, 5.74) is -0.198. The topological polar surface area (TPSA) is 39.2 Å². The third-order valence-corrected chi connectivity index (χ3v) is 1.33. The number of aromatic nitrogens is 1. The molecular formula is C9H10FNO2. The van der Waals surface area contributed by atoms with Gasteiger partial charge in [0.2, 0.25) is 0 Å². The summed E-state index contributed by atoms with van der Waals surface area (Å²) < 4.78 is 18.1. The summed E-state index contributed by atoms with van der Waals surface area (Å²) in [5.74, 6) is -0.328. The van der Waals surface area contributed by atoms with Crippen molar-refractivity contribution in [3.8, 4) is 5.75 Å². The summed E-state index contributed by atoms with van der Waals surface area (Å²) in [4.78, 5) is 13.8. The van der Waals surface area contributed by atoms with E-state index >= 15 is 0 Å². The standard InChI is InChI=1S/C9H10FNO2/c1-6(2)13-7-3-8(10)9(5-12)11-4-7/h3-6H,1-2H3. The SMILES string of the molecule is CC(C)Oc1cnc(C=O)c(F)c1. The van der Waals surface area contributed by atoms with Crippen LogP contribution in [-0.4, -0.2) is 17.4 Å². The molecule has 1 rings (SSSR count). The fraction of sp³-hybridized carbons (Fsp3) is 0.333. The summed E-state index contributed by atoms with van der Waals surface area (Å²) in [5, 5.41) is 0. The van der Waals surface area contributed by atoms with Crippen molar-refractivity contribution in [1.29, 1.82) is 0 Å². The van der Waals surface area contributed by atoms with Gasteiger partial charge in [0.25, 0.3) is 0 Å². The van der Waals surface area contributed by atoms with Crippen molar-refractivity contribution in [2.24, 2.45) is 0 Å². The molecule has 3 nitrogen and oxygen atoms in total. The first-order valence-corrected chi connectivity index (χ1v) is 3.91. The van der Waals surface area contributed by atoms with Crippen LogP contribution < -0.4 is 4.74 Å². The molecule has 0 aliphatic heterocycles. The molecule has 0 saturated carbocycles. The maximum atomic E-state index is 12.9. The van der Waals surface area contributed by atoms with E-state index < -0.39 is 5.82 Å². The summed E-state index contributed by atoms with van der Waals surface area (Å²) in [6.45, 7) is 3.65. The van der Waals surface area contributed by atoms with Crippen molar-refractivity contribution in [2.45, 2.75) is 20.0 Å². The van der Waals surface area contributed by atoms with Crippen molar-refractivity contribution in [3.63, 3.8) is 0 Å². The van der Waals surface area contributed by atoms with Gasteiger partial charge in [0.05, 0.1) is 12.3 Å². The molecule has 1 aromatic heterocycles. The molecule has 0 radical (unpaired) electrons.